The average molecular weight is 349 g/mol. The van der Waals surface area contributed by atoms with Gasteiger partial charge in [-0.25, -0.2) is 4.68 Å². The van der Waals surface area contributed by atoms with Gasteiger partial charge in [0.05, 0.1) is 17.5 Å². The van der Waals surface area contributed by atoms with Crippen molar-refractivity contribution in [2.75, 3.05) is 13.1 Å². The van der Waals surface area contributed by atoms with Gasteiger partial charge < -0.3 is 10.0 Å². The Bertz CT molecular complexity index is 723. The minimum atomic E-state index is -0.314. The molecule has 0 saturated carbocycles. The topological polar surface area (TPSA) is 71.2 Å². The molecule has 1 fully saturated rings. The number of aliphatic hydroxyl groups is 1. The zero-order valence-corrected chi connectivity index (χ0v) is 14.4. The molecule has 0 unspecified atom stereocenters. The number of aliphatic hydroxyl groups excluding tert-OH is 1. The van der Waals surface area contributed by atoms with Gasteiger partial charge >= 0.3 is 0 Å². The molecule has 1 aliphatic heterocycles. The summed E-state index contributed by atoms with van der Waals surface area (Å²) in [6.45, 7) is 3.16. The highest BCUT2D eigenvalue weighted by Crippen LogP contribution is 2.20. The van der Waals surface area contributed by atoms with E-state index in [0.717, 1.165) is 17.8 Å². The number of benzene rings is 1. The lowest BCUT2D eigenvalue weighted by Crippen LogP contribution is -2.40. The lowest BCUT2D eigenvalue weighted by molar-refractivity contribution is 0.0540. The maximum Gasteiger partial charge on any atom is 0.276 e. The Balaban J connectivity index is 1.92. The second kappa shape index (κ2) is 7.32. The number of amides is 1. The molecule has 128 valence electrons. The third-order valence-corrected chi connectivity index (χ3v) is 4.49. The molecule has 0 spiro atoms. The molecule has 7 heteroatoms. The van der Waals surface area contributed by atoms with Gasteiger partial charge in [-0.05, 0) is 37.5 Å². The van der Waals surface area contributed by atoms with E-state index in [1.165, 1.54) is 0 Å². The zero-order chi connectivity index (χ0) is 17.1. The molecule has 24 heavy (non-hydrogen) atoms. The van der Waals surface area contributed by atoms with Crippen molar-refractivity contribution in [2.24, 2.45) is 0 Å². The smallest absolute Gasteiger partial charge is 0.276 e. The monoisotopic (exact) mass is 348 g/mol. The summed E-state index contributed by atoms with van der Waals surface area (Å²) in [4.78, 5) is 14.6. The molecule has 0 atom stereocenters. The molecule has 1 aromatic carbocycles. The van der Waals surface area contributed by atoms with Gasteiger partial charge in [0.2, 0.25) is 0 Å². The molecule has 1 saturated heterocycles. The number of nitrogens with zero attached hydrogens (tertiary/aromatic N) is 4. The van der Waals surface area contributed by atoms with Crippen molar-refractivity contribution in [3.8, 4) is 5.69 Å². The Morgan fingerprint density at radius 2 is 2.12 bits per heavy atom. The summed E-state index contributed by atoms with van der Waals surface area (Å²) in [6.07, 6.45) is 2.49. The number of hydrogen-bond donors (Lipinski definition) is 1. The van der Waals surface area contributed by atoms with Crippen molar-refractivity contribution in [3.05, 3.63) is 40.7 Å². The van der Waals surface area contributed by atoms with E-state index in [4.69, 9.17) is 11.6 Å². The lowest BCUT2D eigenvalue weighted by Gasteiger charge is -2.29. The summed E-state index contributed by atoms with van der Waals surface area (Å²) in [5.74, 6) is -0.112. The summed E-state index contributed by atoms with van der Waals surface area (Å²) in [5, 5.41) is 18.6. The van der Waals surface area contributed by atoms with Gasteiger partial charge in [0.25, 0.3) is 5.91 Å². The lowest BCUT2D eigenvalue weighted by atomic mass is 10.1. The van der Waals surface area contributed by atoms with Crippen molar-refractivity contribution in [1.82, 2.24) is 19.9 Å². The molecule has 2 aromatic rings. The zero-order valence-electron chi connectivity index (χ0n) is 13.7. The van der Waals surface area contributed by atoms with Crippen LogP contribution in [0.25, 0.3) is 5.69 Å². The quantitative estimate of drug-likeness (QED) is 0.921. The highest BCUT2D eigenvalue weighted by molar-refractivity contribution is 6.30. The predicted octanol–water partition coefficient (Wildman–Crippen LogP) is 2.47. The Morgan fingerprint density at radius 3 is 2.79 bits per heavy atom. The SMILES string of the molecule is CCCc1c(C(=O)N2CCC(O)CC2)nnn1-c1cccc(Cl)c1. The number of likely N-dealkylation sites (tertiary alicyclic amines) is 1. The molecule has 2 heterocycles. The van der Waals surface area contributed by atoms with Crippen LogP contribution in [0.4, 0.5) is 0 Å². The van der Waals surface area contributed by atoms with E-state index in [2.05, 4.69) is 17.2 Å². The van der Waals surface area contributed by atoms with Crippen molar-refractivity contribution < 1.29 is 9.90 Å². The fourth-order valence-electron chi connectivity index (χ4n) is 2.96. The summed E-state index contributed by atoms with van der Waals surface area (Å²) < 4.78 is 1.70. The van der Waals surface area contributed by atoms with Crippen LogP contribution in [0.15, 0.2) is 24.3 Å². The highest BCUT2D eigenvalue weighted by atomic mass is 35.5. The Labute approximate surface area is 146 Å². The minimum absolute atomic E-state index is 0.112. The maximum absolute atomic E-state index is 12.8. The third kappa shape index (κ3) is 3.44. The van der Waals surface area contributed by atoms with Crippen LogP contribution in [0.5, 0.6) is 0 Å². The molecule has 0 aliphatic carbocycles. The van der Waals surface area contributed by atoms with Crippen LogP contribution in [-0.2, 0) is 6.42 Å². The van der Waals surface area contributed by atoms with Gasteiger partial charge in [-0.2, -0.15) is 0 Å². The normalized spacial score (nSPS) is 15.7. The second-order valence-electron chi connectivity index (χ2n) is 6.05. The van der Waals surface area contributed by atoms with Crippen molar-refractivity contribution in [1.29, 1.82) is 0 Å². The van der Waals surface area contributed by atoms with Crippen molar-refractivity contribution in [3.63, 3.8) is 0 Å². The molecule has 0 bridgehead atoms. The van der Waals surface area contributed by atoms with Crippen LogP contribution < -0.4 is 0 Å². The number of halogens is 1. The molecule has 3 rings (SSSR count). The van der Waals surface area contributed by atoms with Crippen LogP contribution in [0.1, 0.15) is 42.4 Å². The van der Waals surface area contributed by atoms with Crippen LogP contribution in [-0.4, -0.2) is 50.1 Å². The van der Waals surface area contributed by atoms with Crippen molar-refractivity contribution >= 4 is 17.5 Å². The molecule has 1 amide bonds. The molecule has 6 nitrogen and oxygen atoms in total. The first-order valence-electron chi connectivity index (χ1n) is 8.28. The van der Waals surface area contributed by atoms with E-state index in [1.807, 2.05) is 12.1 Å². The number of carbonyl (C=O) groups excluding carboxylic acids is 1. The van der Waals surface area contributed by atoms with E-state index in [9.17, 15) is 9.90 Å². The van der Waals surface area contributed by atoms with E-state index < -0.39 is 0 Å². The summed E-state index contributed by atoms with van der Waals surface area (Å²) in [7, 11) is 0. The Hall–Kier alpha value is -1.92. The van der Waals surface area contributed by atoms with E-state index in [0.29, 0.717) is 43.1 Å². The first kappa shape index (κ1) is 16.9. The largest absolute Gasteiger partial charge is 0.393 e. The summed E-state index contributed by atoms with van der Waals surface area (Å²) >= 11 is 6.07. The van der Waals surface area contributed by atoms with Crippen LogP contribution in [0.2, 0.25) is 5.02 Å². The van der Waals surface area contributed by atoms with Gasteiger partial charge in [-0.1, -0.05) is 36.2 Å². The second-order valence-corrected chi connectivity index (χ2v) is 6.49. The van der Waals surface area contributed by atoms with Gasteiger partial charge in [0.1, 0.15) is 0 Å². The fourth-order valence-corrected chi connectivity index (χ4v) is 3.15. The molecule has 1 aliphatic rings. The maximum atomic E-state index is 12.8. The number of piperidine rings is 1. The molecular weight excluding hydrogens is 328 g/mol. The molecule has 0 radical (unpaired) electrons. The van der Waals surface area contributed by atoms with Crippen LogP contribution in [0.3, 0.4) is 0 Å². The van der Waals surface area contributed by atoms with Gasteiger partial charge in [-0.3, -0.25) is 4.79 Å². The Kier molecular flexibility index (Phi) is 5.16. The molecule has 1 aromatic heterocycles. The van der Waals surface area contributed by atoms with E-state index in [-0.39, 0.29) is 12.0 Å². The predicted molar refractivity (Wildman–Crippen MR) is 91.5 cm³/mol. The van der Waals surface area contributed by atoms with Crippen LogP contribution >= 0.6 is 11.6 Å². The van der Waals surface area contributed by atoms with Gasteiger partial charge in [0, 0.05) is 18.1 Å². The number of carbonyl (C=O) groups is 1. The Morgan fingerprint density at radius 1 is 1.38 bits per heavy atom. The number of hydrogen-bond acceptors (Lipinski definition) is 4. The molecular formula is C17H21ClN4O2. The van der Waals surface area contributed by atoms with Gasteiger partial charge in [-0.15, -0.1) is 5.10 Å². The number of rotatable bonds is 4. The first-order valence-corrected chi connectivity index (χ1v) is 8.65. The van der Waals surface area contributed by atoms with E-state index in [1.54, 1.807) is 21.7 Å². The standard InChI is InChI=1S/C17H21ClN4O2/c1-2-4-15-16(17(24)21-9-7-14(23)8-10-21)19-20-22(15)13-6-3-5-12(18)11-13/h3,5-6,11,14,23H,2,4,7-10H2,1H3. The first-order chi connectivity index (χ1) is 11.6. The van der Waals surface area contributed by atoms with Crippen LogP contribution in [0, 0.1) is 0 Å². The van der Waals surface area contributed by atoms with Crippen molar-refractivity contribution in [2.45, 2.75) is 38.7 Å². The summed E-state index contributed by atoms with van der Waals surface area (Å²) in [5.41, 5.74) is 2.00. The molecule has 1 N–H and O–H groups in total. The number of aromatic nitrogens is 3. The van der Waals surface area contributed by atoms with Gasteiger partial charge in [0.15, 0.2) is 5.69 Å². The fraction of sp³-hybridized carbons (Fsp3) is 0.471. The highest BCUT2D eigenvalue weighted by Gasteiger charge is 2.27. The summed E-state index contributed by atoms with van der Waals surface area (Å²) in [6, 6.07) is 7.35. The average Bonchev–Trinajstić information content (AvgIpc) is 2.99. The third-order valence-electron chi connectivity index (χ3n) is 4.26. The van der Waals surface area contributed by atoms with E-state index >= 15 is 0 Å². The minimum Gasteiger partial charge on any atom is -0.393 e.